The van der Waals surface area contributed by atoms with Gasteiger partial charge in [0.25, 0.3) is 0 Å². The third kappa shape index (κ3) is 40.9. The zero-order valence-corrected chi connectivity index (χ0v) is 27.7. The van der Waals surface area contributed by atoms with Gasteiger partial charge in [-0.3, -0.25) is 0 Å². The van der Waals surface area contributed by atoms with Crippen LogP contribution in [0.5, 0.6) is 0 Å². The summed E-state index contributed by atoms with van der Waals surface area (Å²) < 4.78 is 0. The molecule has 0 aliphatic rings. The molecule has 0 aromatic heterocycles. The molecule has 0 unspecified atom stereocenters. The predicted octanol–water partition coefficient (Wildman–Crippen LogP) is 13.2. The van der Waals surface area contributed by atoms with Crippen LogP contribution in [-0.4, -0.2) is 0 Å². The largest absolute Gasteiger partial charge is 0.0841 e. The molecule has 0 spiro atoms. The Morgan fingerprint density at radius 3 is 1.20 bits per heavy atom. The first-order valence-corrected chi connectivity index (χ1v) is 14.3. The molecule has 0 atom stereocenters. The second kappa shape index (κ2) is 25.2. The van der Waals surface area contributed by atoms with Gasteiger partial charge in [0.05, 0.1) is 0 Å². The predicted molar refractivity (Wildman–Crippen MR) is 171 cm³/mol. The van der Waals surface area contributed by atoms with Gasteiger partial charge in [-0.1, -0.05) is 155 Å². The first-order chi connectivity index (χ1) is 15.2. The summed E-state index contributed by atoms with van der Waals surface area (Å²) in [4.78, 5) is 0. The Morgan fingerprint density at radius 2 is 1.03 bits per heavy atom. The van der Waals surface area contributed by atoms with Crippen molar-refractivity contribution in [3.05, 3.63) is 34.3 Å². The molecule has 1 aromatic rings. The summed E-state index contributed by atoms with van der Waals surface area (Å²) in [6.45, 7) is 39.9. The molecule has 0 nitrogen and oxygen atoms in total. The lowest BCUT2D eigenvalue weighted by Crippen LogP contribution is -2.12. The van der Waals surface area contributed by atoms with Gasteiger partial charge in [0.15, 0.2) is 0 Å². The molecular weight excluding hydrogens is 444 g/mol. The molecule has 0 saturated carbocycles. The smallest absolute Gasteiger partial charge is 0.0435 e. The normalized spacial score (nSPS) is 10.5. The number of benzene rings is 1. The monoisotopic (exact) mass is 515 g/mol. The SMILES string of the molecule is C.CC(C)C.CC(C)C(C)(C)C.CC(C)C(C)C.CCC(C)C.Cc1cc(CC(C)C)ccc1Cl. The Labute approximate surface area is 231 Å². The van der Waals surface area contributed by atoms with E-state index in [1.165, 1.54) is 17.5 Å². The molecule has 1 rings (SSSR count). The average molecular weight is 515 g/mol. The molecule has 0 aliphatic heterocycles. The van der Waals surface area contributed by atoms with Crippen LogP contribution in [0.3, 0.4) is 0 Å². The number of halogens is 1. The van der Waals surface area contributed by atoms with Gasteiger partial charge in [-0.2, -0.15) is 0 Å². The van der Waals surface area contributed by atoms with Crippen molar-refractivity contribution < 1.29 is 0 Å². The topological polar surface area (TPSA) is 0 Å². The van der Waals surface area contributed by atoms with Crippen LogP contribution in [0.1, 0.15) is 143 Å². The van der Waals surface area contributed by atoms with Crippen LogP contribution in [0.4, 0.5) is 0 Å². The lowest BCUT2D eigenvalue weighted by molar-refractivity contribution is 0.283. The van der Waals surface area contributed by atoms with E-state index in [9.17, 15) is 0 Å². The van der Waals surface area contributed by atoms with E-state index in [4.69, 9.17) is 11.6 Å². The molecule has 0 amide bonds. The summed E-state index contributed by atoms with van der Waals surface area (Å²) in [7, 11) is 0. The minimum absolute atomic E-state index is 0. The zero-order chi connectivity index (χ0) is 28.2. The summed E-state index contributed by atoms with van der Waals surface area (Å²) in [5.41, 5.74) is 3.06. The summed E-state index contributed by atoms with van der Waals surface area (Å²) in [6.07, 6.45) is 2.44. The highest BCUT2D eigenvalue weighted by atomic mass is 35.5. The molecule has 35 heavy (non-hydrogen) atoms. The van der Waals surface area contributed by atoms with Gasteiger partial charge in [-0.05, 0) is 71.5 Å². The molecule has 1 heteroatoms. The van der Waals surface area contributed by atoms with Crippen molar-refractivity contribution in [1.82, 2.24) is 0 Å². The maximum atomic E-state index is 5.92. The zero-order valence-electron chi connectivity index (χ0n) is 27.0. The third-order valence-corrected chi connectivity index (χ3v) is 6.17. The van der Waals surface area contributed by atoms with Crippen LogP contribution < -0.4 is 0 Å². The summed E-state index contributed by atoms with van der Waals surface area (Å²) in [5, 5.41) is 0.863. The molecule has 0 heterocycles. The van der Waals surface area contributed by atoms with Gasteiger partial charge in [0, 0.05) is 5.02 Å². The lowest BCUT2D eigenvalue weighted by Gasteiger charge is -2.22. The number of hydrogen-bond acceptors (Lipinski definition) is 0. The van der Waals surface area contributed by atoms with E-state index in [0.29, 0.717) is 11.3 Å². The Kier molecular flexibility index (Phi) is 32.0. The molecule has 0 saturated heterocycles. The van der Waals surface area contributed by atoms with E-state index in [1.54, 1.807) is 0 Å². The Bertz CT molecular complexity index is 533. The molecule has 0 fully saturated rings. The van der Waals surface area contributed by atoms with Crippen LogP contribution in [0.2, 0.25) is 5.02 Å². The maximum Gasteiger partial charge on any atom is 0.0435 e. The van der Waals surface area contributed by atoms with Crippen LogP contribution in [0.25, 0.3) is 0 Å². The number of hydrogen-bond donors (Lipinski definition) is 0. The van der Waals surface area contributed by atoms with E-state index >= 15 is 0 Å². The number of rotatable bonds is 4. The lowest BCUT2D eigenvalue weighted by atomic mass is 9.84. The van der Waals surface area contributed by atoms with Gasteiger partial charge in [-0.15, -0.1) is 0 Å². The van der Waals surface area contributed by atoms with Crippen molar-refractivity contribution in [2.45, 2.75) is 145 Å². The van der Waals surface area contributed by atoms with Gasteiger partial charge >= 0.3 is 0 Å². The Morgan fingerprint density at radius 1 is 0.714 bits per heavy atom. The number of aryl methyl sites for hydroxylation is 1. The fraction of sp³-hybridized carbons (Fsp3) is 0.824. The second-order valence-electron chi connectivity index (χ2n) is 13.2. The molecule has 0 aliphatic carbocycles. The minimum atomic E-state index is 0. The molecule has 214 valence electrons. The molecule has 0 bridgehead atoms. The van der Waals surface area contributed by atoms with Crippen LogP contribution in [0, 0.1) is 47.8 Å². The molecule has 0 N–H and O–H groups in total. The van der Waals surface area contributed by atoms with Crippen molar-refractivity contribution >= 4 is 11.6 Å². The highest BCUT2D eigenvalue weighted by Crippen LogP contribution is 2.23. The van der Waals surface area contributed by atoms with Crippen LogP contribution in [-0.2, 0) is 6.42 Å². The first kappa shape index (κ1) is 44.5. The van der Waals surface area contributed by atoms with Crippen molar-refractivity contribution in [3.63, 3.8) is 0 Å². The standard InChI is InChI=1S/C11H15Cl.C7H16.C6H14.C5H12.C4H10.CH4/c1-8(2)6-10-4-5-11(12)9(3)7-10;1-6(2)7(3,4)5;1-5(2)6(3)4;1-4-5(2)3;1-4(2)3;/h4-5,7-8H,6H2,1-3H3;6H,1-5H3;5-6H,1-4H3;5H,4H2,1-3H3;4H,1-3H3;1H4. The van der Waals surface area contributed by atoms with Crippen molar-refractivity contribution in [2.24, 2.45) is 40.9 Å². The van der Waals surface area contributed by atoms with E-state index in [1.807, 2.05) is 13.0 Å². The van der Waals surface area contributed by atoms with E-state index in [-0.39, 0.29) is 7.43 Å². The van der Waals surface area contributed by atoms with Crippen molar-refractivity contribution in [1.29, 1.82) is 0 Å². The summed E-state index contributed by atoms with van der Waals surface area (Å²) in [5.74, 6) is 4.93. The minimum Gasteiger partial charge on any atom is -0.0841 e. The molecular formula is C34H71Cl. The molecule has 0 radical (unpaired) electrons. The van der Waals surface area contributed by atoms with Gasteiger partial charge in [0.1, 0.15) is 0 Å². The van der Waals surface area contributed by atoms with Gasteiger partial charge in [-0.25, -0.2) is 0 Å². The van der Waals surface area contributed by atoms with Crippen molar-refractivity contribution in [3.8, 4) is 0 Å². The Balaban J connectivity index is -0.000000114. The quantitative estimate of drug-likeness (QED) is 0.374. The van der Waals surface area contributed by atoms with Gasteiger partial charge in [0.2, 0.25) is 0 Å². The molecule has 1 aromatic carbocycles. The Hall–Kier alpha value is -0.490. The maximum absolute atomic E-state index is 5.92. The van der Waals surface area contributed by atoms with Crippen LogP contribution in [0.15, 0.2) is 18.2 Å². The summed E-state index contributed by atoms with van der Waals surface area (Å²) in [6, 6.07) is 6.26. The fourth-order valence-electron chi connectivity index (χ4n) is 1.31. The summed E-state index contributed by atoms with van der Waals surface area (Å²) >= 11 is 5.92. The second-order valence-corrected chi connectivity index (χ2v) is 13.6. The van der Waals surface area contributed by atoms with Crippen molar-refractivity contribution in [2.75, 3.05) is 0 Å². The average Bonchev–Trinajstić information content (AvgIpc) is 2.64. The third-order valence-electron chi connectivity index (χ3n) is 5.75. The van der Waals surface area contributed by atoms with E-state index < -0.39 is 0 Å². The first-order valence-electron chi connectivity index (χ1n) is 13.9. The highest BCUT2D eigenvalue weighted by Gasteiger charge is 2.13. The highest BCUT2D eigenvalue weighted by molar-refractivity contribution is 6.31. The van der Waals surface area contributed by atoms with Gasteiger partial charge < -0.3 is 0 Å². The van der Waals surface area contributed by atoms with Crippen LogP contribution >= 0.6 is 11.6 Å². The van der Waals surface area contributed by atoms with E-state index in [2.05, 4.69) is 130 Å². The fourth-order valence-corrected chi connectivity index (χ4v) is 1.42. The van der Waals surface area contributed by atoms with E-state index in [0.717, 1.165) is 41.0 Å².